The van der Waals surface area contributed by atoms with Gasteiger partial charge >= 0.3 is 6.09 Å². The monoisotopic (exact) mass is 159 g/mol. The van der Waals surface area contributed by atoms with E-state index < -0.39 is 6.09 Å². The van der Waals surface area contributed by atoms with Crippen LogP contribution in [-0.2, 0) is 4.74 Å². The number of nitrogens with two attached hydrogens (primary N) is 1. The van der Waals surface area contributed by atoms with Gasteiger partial charge in [-0.3, -0.25) is 5.43 Å². The van der Waals surface area contributed by atoms with Gasteiger partial charge < -0.3 is 10.1 Å². The molecule has 1 aliphatic rings. The zero-order chi connectivity index (χ0) is 8.10. The van der Waals surface area contributed by atoms with E-state index in [0.29, 0.717) is 0 Å². The summed E-state index contributed by atoms with van der Waals surface area (Å²) in [6.45, 7) is 1.73. The smallest absolute Gasteiger partial charge is 0.421 e. The van der Waals surface area contributed by atoms with Gasteiger partial charge in [0.1, 0.15) is 6.10 Å². The standard InChI is InChI=1S/C6H13N3O2/c7-9-6(10)11-5-2-1-3-8-4-5/h5,8H,1-4,7H2,(H,9,10). The second-order valence-electron chi connectivity index (χ2n) is 2.52. The number of amides is 1. The van der Waals surface area contributed by atoms with Crippen molar-refractivity contribution in [3.63, 3.8) is 0 Å². The molecule has 0 aromatic rings. The first-order valence-electron chi connectivity index (χ1n) is 3.71. The minimum absolute atomic E-state index is 0.0210. The average molecular weight is 159 g/mol. The predicted molar refractivity (Wildman–Crippen MR) is 39.7 cm³/mol. The van der Waals surface area contributed by atoms with E-state index >= 15 is 0 Å². The van der Waals surface area contributed by atoms with E-state index in [1.165, 1.54) is 0 Å². The molecule has 1 rings (SSSR count). The Morgan fingerprint density at radius 1 is 1.73 bits per heavy atom. The average Bonchev–Trinajstić information content (AvgIpc) is 2.06. The molecule has 0 spiro atoms. The SMILES string of the molecule is NNC(=O)OC1CCCNC1. The predicted octanol–water partition coefficient (Wildman–Crippen LogP) is -0.662. The molecule has 0 aliphatic carbocycles. The van der Waals surface area contributed by atoms with Crippen LogP contribution in [0.1, 0.15) is 12.8 Å². The maximum atomic E-state index is 10.6. The molecule has 5 nitrogen and oxygen atoms in total. The Bertz CT molecular complexity index is 134. The van der Waals surface area contributed by atoms with Crippen molar-refractivity contribution in [2.24, 2.45) is 5.84 Å². The number of hydrazine groups is 1. The third-order valence-electron chi connectivity index (χ3n) is 1.64. The van der Waals surface area contributed by atoms with Gasteiger partial charge in [0.05, 0.1) is 0 Å². The van der Waals surface area contributed by atoms with Crippen molar-refractivity contribution in [3.8, 4) is 0 Å². The lowest BCUT2D eigenvalue weighted by atomic mass is 10.1. The van der Waals surface area contributed by atoms with Crippen LogP contribution in [0.4, 0.5) is 4.79 Å². The van der Waals surface area contributed by atoms with Crippen molar-refractivity contribution in [1.82, 2.24) is 10.7 Å². The van der Waals surface area contributed by atoms with Crippen LogP contribution in [0, 0.1) is 0 Å². The molecule has 11 heavy (non-hydrogen) atoms. The van der Waals surface area contributed by atoms with Crippen molar-refractivity contribution in [3.05, 3.63) is 0 Å². The quantitative estimate of drug-likeness (QED) is 0.269. The van der Waals surface area contributed by atoms with Crippen LogP contribution in [0.2, 0.25) is 0 Å². The molecular weight excluding hydrogens is 146 g/mol. The van der Waals surface area contributed by atoms with Crippen LogP contribution in [-0.4, -0.2) is 25.3 Å². The molecule has 1 saturated heterocycles. The van der Waals surface area contributed by atoms with E-state index in [1.807, 2.05) is 5.43 Å². The molecule has 1 fully saturated rings. The number of piperidine rings is 1. The van der Waals surface area contributed by atoms with Crippen molar-refractivity contribution in [1.29, 1.82) is 0 Å². The number of nitrogens with one attached hydrogen (secondary N) is 2. The zero-order valence-corrected chi connectivity index (χ0v) is 6.30. The van der Waals surface area contributed by atoms with Gasteiger partial charge in [0.2, 0.25) is 0 Å². The lowest BCUT2D eigenvalue weighted by molar-refractivity contribution is 0.0826. The highest BCUT2D eigenvalue weighted by Gasteiger charge is 2.15. The largest absolute Gasteiger partial charge is 0.444 e. The highest BCUT2D eigenvalue weighted by Crippen LogP contribution is 2.05. The summed E-state index contributed by atoms with van der Waals surface area (Å²) < 4.78 is 4.90. The van der Waals surface area contributed by atoms with Crippen molar-refractivity contribution >= 4 is 6.09 Å². The Hall–Kier alpha value is -0.810. The minimum Gasteiger partial charge on any atom is -0.444 e. The van der Waals surface area contributed by atoms with Crippen molar-refractivity contribution in [2.75, 3.05) is 13.1 Å². The topological polar surface area (TPSA) is 76.4 Å². The molecule has 5 heteroatoms. The number of carbonyl (C=O) groups excluding carboxylic acids is 1. The molecule has 0 bridgehead atoms. The van der Waals surface area contributed by atoms with E-state index in [9.17, 15) is 4.79 Å². The fraction of sp³-hybridized carbons (Fsp3) is 0.833. The van der Waals surface area contributed by atoms with Crippen LogP contribution in [0.5, 0.6) is 0 Å². The van der Waals surface area contributed by atoms with Gasteiger partial charge in [-0.1, -0.05) is 0 Å². The van der Waals surface area contributed by atoms with Gasteiger partial charge in [-0.15, -0.1) is 0 Å². The summed E-state index contributed by atoms with van der Waals surface area (Å²) in [4.78, 5) is 10.6. The van der Waals surface area contributed by atoms with Gasteiger partial charge in [0.15, 0.2) is 0 Å². The molecule has 4 N–H and O–H groups in total. The highest BCUT2D eigenvalue weighted by molar-refractivity contribution is 5.66. The fourth-order valence-electron chi connectivity index (χ4n) is 1.11. The first-order chi connectivity index (χ1) is 5.33. The first-order valence-corrected chi connectivity index (χ1v) is 3.71. The second kappa shape index (κ2) is 4.15. The first kappa shape index (κ1) is 8.29. The number of carbonyl (C=O) groups is 1. The second-order valence-corrected chi connectivity index (χ2v) is 2.52. The van der Waals surface area contributed by atoms with Crippen LogP contribution in [0.3, 0.4) is 0 Å². The minimum atomic E-state index is -0.557. The molecule has 1 amide bonds. The van der Waals surface area contributed by atoms with E-state index in [-0.39, 0.29) is 6.10 Å². The molecule has 1 heterocycles. The summed E-state index contributed by atoms with van der Waals surface area (Å²) in [7, 11) is 0. The van der Waals surface area contributed by atoms with E-state index in [2.05, 4.69) is 5.32 Å². The highest BCUT2D eigenvalue weighted by atomic mass is 16.6. The van der Waals surface area contributed by atoms with Gasteiger partial charge in [0.25, 0.3) is 0 Å². The van der Waals surface area contributed by atoms with Gasteiger partial charge in [-0.25, -0.2) is 10.6 Å². The summed E-state index contributed by atoms with van der Waals surface area (Å²) in [5, 5.41) is 3.12. The van der Waals surface area contributed by atoms with E-state index in [4.69, 9.17) is 10.6 Å². The molecule has 1 atom stereocenters. The molecule has 1 aliphatic heterocycles. The third kappa shape index (κ3) is 2.73. The lowest BCUT2D eigenvalue weighted by Crippen LogP contribution is -2.40. The molecular formula is C6H13N3O2. The number of hydrogen-bond acceptors (Lipinski definition) is 4. The van der Waals surface area contributed by atoms with Crippen LogP contribution in [0.15, 0.2) is 0 Å². The van der Waals surface area contributed by atoms with Crippen LogP contribution < -0.4 is 16.6 Å². The Morgan fingerprint density at radius 2 is 2.55 bits per heavy atom. The molecule has 0 aromatic carbocycles. The number of hydrogen-bond donors (Lipinski definition) is 3. The molecule has 0 radical (unpaired) electrons. The molecule has 0 saturated carbocycles. The number of rotatable bonds is 1. The summed E-state index contributed by atoms with van der Waals surface area (Å²) in [6.07, 6.45) is 1.38. The summed E-state index contributed by atoms with van der Waals surface area (Å²) in [6, 6.07) is 0. The zero-order valence-electron chi connectivity index (χ0n) is 6.30. The maximum absolute atomic E-state index is 10.6. The fourth-order valence-corrected chi connectivity index (χ4v) is 1.11. The normalized spacial score (nSPS) is 24.3. The number of ether oxygens (including phenoxy) is 1. The van der Waals surface area contributed by atoms with Crippen molar-refractivity contribution < 1.29 is 9.53 Å². The summed E-state index contributed by atoms with van der Waals surface area (Å²) in [5.41, 5.74) is 1.92. The molecule has 1 unspecified atom stereocenters. The van der Waals surface area contributed by atoms with E-state index in [1.54, 1.807) is 0 Å². The Balaban J connectivity index is 2.19. The maximum Gasteiger partial charge on any atom is 0.421 e. The molecule has 64 valence electrons. The van der Waals surface area contributed by atoms with Crippen molar-refractivity contribution in [2.45, 2.75) is 18.9 Å². The summed E-state index contributed by atoms with van der Waals surface area (Å²) >= 11 is 0. The van der Waals surface area contributed by atoms with Gasteiger partial charge in [-0.2, -0.15) is 0 Å². The third-order valence-corrected chi connectivity index (χ3v) is 1.64. The lowest BCUT2D eigenvalue weighted by Gasteiger charge is -2.22. The Kier molecular flexibility index (Phi) is 3.13. The molecule has 0 aromatic heterocycles. The van der Waals surface area contributed by atoms with Crippen LogP contribution >= 0.6 is 0 Å². The Morgan fingerprint density at radius 3 is 3.09 bits per heavy atom. The van der Waals surface area contributed by atoms with Gasteiger partial charge in [-0.05, 0) is 19.4 Å². The van der Waals surface area contributed by atoms with Gasteiger partial charge in [0, 0.05) is 6.54 Å². The van der Waals surface area contributed by atoms with E-state index in [0.717, 1.165) is 25.9 Å². The van der Waals surface area contributed by atoms with Crippen LogP contribution in [0.25, 0.3) is 0 Å². The Labute approximate surface area is 65.2 Å². The summed E-state index contributed by atoms with van der Waals surface area (Å²) in [5.74, 6) is 4.84.